The Hall–Kier alpha value is -3.31. The van der Waals surface area contributed by atoms with Gasteiger partial charge in [0.2, 0.25) is 5.92 Å². The van der Waals surface area contributed by atoms with E-state index in [9.17, 15) is 22.0 Å². The summed E-state index contributed by atoms with van der Waals surface area (Å²) in [4.78, 5) is 4.58. The molecular formula is C23H23F5N6O. The van der Waals surface area contributed by atoms with Crippen molar-refractivity contribution < 1.29 is 26.5 Å². The number of nitrogens with zero attached hydrogens (tertiary/aromatic N) is 6. The molecule has 0 atom stereocenters. The first-order chi connectivity index (χ1) is 16.5. The lowest BCUT2D eigenvalue weighted by atomic mass is 9.87. The van der Waals surface area contributed by atoms with E-state index < -0.39 is 18.6 Å². The first-order valence-electron chi connectivity index (χ1n) is 11.3. The van der Waals surface area contributed by atoms with Crippen LogP contribution in [-0.4, -0.2) is 41.8 Å². The highest BCUT2D eigenvalue weighted by atomic mass is 19.4. The standard InChI is InChI=1S/C23H23F5N6O/c1-13-19(14(2)35-32-13)16-7-18-21(29-8-16)20(17-9-30-33(11-17)12-23(26,27)28)31-34(18)10-15-3-5-22(24,25)6-4-15/h7-9,11,15H,3-6,10,12H2,1-2H3. The molecule has 4 heterocycles. The first-order valence-corrected chi connectivity index (χ1v) is 11.3. The van der Waals surface area contributed by atoms with Gasteiger partial charge in [-0.1, -0.05) is 5.16 Å². The molecule has 4 aromatic heterocycles. The molecule has 0 spiro atoms. The van der Waals surface area contributed by atoms with Crippen molar-refractivity contribution in [2.75, 3.05) is 0 Å². The maximum Gasteiger partial charge on any atom is 0.408 e. The summed E-state index contributed by atoms with van der Waals surface area (Å²) < 4.78 is 73.6. The van der Waals surface area contributed by atoms with Gasteiger partial charge in [-0.05, 0) is 38.7 Å². The lowest BCUT2D eigenvalue weighted by Gasteiger charge is -2.28. The SMILES string of the molecule is Cc1noc(C)c1-c1cnc2c(-c3cnn(CC(F)(F)F)c3)nn(CC3CCC(F)(F)CC3)c2c1. The Bertz CT molecular complexity index is 1340. The van der Waals surface area contributed by atoms with E-state index in [0.29, 0.717) is 53.1 Å². The topological polar surface area (TPSA) is 74.6 Å². The Morgan fingerprint density at radius 1 is 1.11 bits per heavy atom. The van der Waals surface area contributed by atoms with Crippen LogP contribution in [0.5, 0.6) is 0 Å². The van der Waals surface area contributed by atoms with Gasteiger partial charge in [0, 0.05) is 48.5 Å². The van der Waals surface area contributed by atoms with E-state index in [1.165, 1.54) is 12.4 Å². The molecule has 0 radical (unpaired) electrons. The zero-order chi connectivity index (χ0) is 25.0. The van der Waals surface area contributed by atoms with Crippen LogP contribution < -0.4 is 0 Å². The Labute approximate surface area is 196 Å². The second-order valence-corrected chi connectivity index (χ2v) is 9.16. The van der Waals surface area contributed by atoms with Gasteiger partial charge in [-0.15, -0.1) is 0 Å². The van der Waals surface area contributed by atoms with E-state index >= 15 is 0 Å². The van der Waals surface area contributed by atoms with Gasteiger partial charge in [0.25, 0.3) is 0 Å². The minimum Gasteiger partial charge on any atom is -0.361 e. The summed E-state index contributed by atoms with van der Waals surface area (Å²) in [6.45, 7) is 2.79. The Morgan fingerprint density at radius 3 is 2.51 bits per heavy atom. The van der Waals surface area contributed by atoms with Crippen molar-refractivity contribution in [3.63, 3.8) is 0 Å². The molecule has 35 heavy (non-hydrogen) atoms. The van der Waals surface area contributed by atoms with Crippen LogP contribution in [0.3, 0.4) is 0 Å². The normalized spacial score (nSPS) is 16.9. The zero-order valence-corrected chi connectivity index (χ0v) is 19.1. The first kappa shape index (κ1) is 23.4. The predicted molar refractivity (Wildman–Crippen MR) is 117 cm³/mol. The van der Waals surface area contributed by atoms with Crippen molar-refractivity contribution in [2.24, 2.45) is 5.92 Å². The average Bonchev–Trinajstić information content (AvgIpc) is 3.46. The fourth-order valence-corrected chi connectivity index (χ4v) is 4.70. The fraction of sp³-hybridized carbons (Fsp3) is 0.478. The smallest absolute Gasteiger partial charge is 0.361 e. The van der Waals surface area contributed by atoms with Crippen LogP contribution in [0.25, 0.3) is 33.4 Å². The third-order valence-electron chi connectivity index (χ3n) is 6.43. The number of aromatic nitrogens is 6. The number of rotatable bonds is 5. The fourth-order valence-electron chi connectivity index (χ4n) is 4.70. The molecule has 1 fully saturated rings. The maximum atomic E-state index is 13.7. The molecule has 1 aliphatic rings. The van der Waals surface area contributed by atoms with Gasteiger partial charge in [-0.25, -0.2) is 8.78 Å². The van der Waals surface area contributed by atoms with E-state index in [4.69, 9.17) is 4.52 Å². The van der Waals surface area contributed by atoms with Gasteiger partial charge in [0.05, 0.1) is 17.4 Å². The molecule has 0 unspecified atom stereocenters. The monoisotopic (exact) mass is 494 g/mol. The van der Waals surface area contributed by atoms with Crippen LogP contribution in [0.1, 0.15) is 37.1 Å². The summed E-state index contributed by atoms with van der Waals surface area (Å²) in [5.74, 6) is -2.02. The van der Waals surface area contributed by atoms with Crippen LogP contribution in [0.2, 0.25) is 0 Å². The van der Waals surface area contributed by atoms with E-state index in [1.54, 1.807) is 17.8 Å². The summed E-state index contributed by atoms with van der Waals surface area (Å²) in [5.41, 5.74) is 4.17. The highest BCUT2D eigenvalue weighted by Crippen LogP contribution is 2.38. The molecule has 186 valence electrons. The summed E-state index contributed by atoms with van der Waals surface area (Å²) in [6.07, 6.45) is 0.232. The summed E-state index contributed by atoms with van der Waals surface area (Å²) in [5, 5.41) is 12.5. The highest BCUT2D eigenvalue weighted by Gasteiger charge is 2.35. The van der Waals surface area contributed by atoms with Gasteiger partial charge >= 0.3 is 6.18 Å². The predicted octanol–water partition coefficient (Wildman–Crippen LogP) is 5.95. The Balaban J connectivity index is 1.56. The zero-order valence-electron chi connectivity index (χ0n) is 19.1. The number of aryl methyl sites for hydroxylation is 2. The molecule has 5 rings (SSSR count). The average molecular weight is 494 g/mol. The summed E-state index contributed by atoms with van der Waals surface area (Å²) in [7, 11) is 0. The van der Waals surface area contributed by atoms with Crippen molar-refractivity contribution in [1.29, 1.82) is 0 Å². The van der Waals surface area contributed by atoms with Gasteiger partial charge in [-0.2, -0.15) is 23.4 Å². The largest absolute Gasteiger partial charge is 0.408 e. The molecule has 0 aromatic carbocycles. The molecular weight excluding hydrogens is 471 g/mol. The van der Waals surface area contributed by atoms with Gasteiger partial charge < -0.3 is 4.52 Å². The van der Waals surface area contributed by atoms with Crippen LogP contribution in [-0.2, 0) is 13.1 Å². The molecule has 7 nitrogen and oxygen atoms in total. The number of alkyl halides is 5. The van der Waals surface area contributed by atoms with Gasteiger partial charge in [-0.3, -0.25) is 14.3 Å². The van der Waals surface area contributed by atoms with Crippen molar-refractivity contribution >= 4 is 11.0 Å². The molecule has 1 aliphatic carbocycles. The van der Waals surface area contributed by atoms with Crippen LogP contribution in [0.4, 0.5) is 22.0 Å². The summed E-state index contributed by atoms with van der Waals surface area (Å²) >= 11 is 0. The third kappa shape index (κ3) is 4.78. The quantitative estimate of drug-likeness (QED) is 0.320. The molecule has 0 amide bonds. The third-order valence-corrected chi connectivity index (χ3v) is 6.43. The van der Waals surface area contributed by atoms with Crippen molar-refractivity contribution in [2.45, 2.75) is 64.7 Å². The van der Waals surface area contributed by atoms with Crippen LogP contribution in [0.15, 0.2) is 29.2 Å². The van der Waals surface area contributed by atoms with E-state index in [0.717, 1.165) is 15.8 Å². The molecule has 0 N–H and O–H groups in total. The van der Waals surface area contributed by atoms with E-state index in [-0.39, 0.29) is 18.8 Å². The van der Waals surface area contributed by atoms with Crippen molar-refractivity contribution in [3.8, 4) is 22.4 Å². The number of hydrogen-bond donors (Lipinski definition) is 0. The molecule has 0 aliphatic heterocycles. The number of pyridine rings is 1. The number of halogens is 5. The Morgan fingerprint density at radius 2 is 1.86 bits per heavy atom. The number of fused-ring (bicyclic) bond motifs is 1. The van der Waals surface area contributed by atoms with Crippen LogP contribution >= 0.6 is 0 Å². The lowest BCUT2D eigenvalue weighted by molar-refractivity contribution is -0.142. The second-order valence-electron chi connectivity index (χ2n) is 9.16. The van der Waals surface area contributed by atoms with Crippen molar-refractivity contribution in [3.05, 3.63) is 36.1 Å². The van der Waals surface area contributed by atoms with Crippen LogP contribution in [0, 0.1) is 19.8 Å². The molecule has 12 heteroatoms. The molecule has 0 saturated heterocycles. The highest BCUT2D eigenvalue weighted by molar-refractivity contribution is 5.92. The maximum absolute atomic E-state index is 13.7. The van der Waals surface area contributed by atoms with Gasteiger partial charge in [0.15, 0.2) is 0 Å². The minimum absolute atomic E-state index is 0.00116. The van der Waals surface area contributed by atoms with Gasteiger partial charge in [0.1, 0.15) is 23.5 Å². The van der Waals surface area contributed by atoms with E-state index in [1.807, 2.05) is 13.0 Å². The molecule has 1 saturated carbocycles. The molecule has 4 aromatic rings. The molecule has 0 bridgehead atoms. The number of hydrogen-bond acceptors (Lipinski definition) is 5. The van der Waals surface area contributed by atoms with E-state index in [2.05, 4.69) is 20.3 Å². The lowest BCUT2D eigenvalue weighted by Crippen LogP contribution is -2.27. The minimum atomic E-state index is -4.41. The second kappa shape index (κ2) is 8.42. The summed E-state index contributed by atoms with van der Waals surface area (Å²) in [6, 6.07) is 1.88. The Kier molecular flexibility index (Phi) is 5.64. The van der Waals surface area contributed by atoms with Crippen molar-refractivity contribution in [1.82, 2.24) is 29.7 Å².